The molecule has 31 heavy (non-hydrogen) atoms. The van der Waals surface area contributed by atoms with Crippen molar-refractivity contribution in [3.8, 4) is 17.0 Å². The van der Waals surface area contributed by atoms with Crippen LogP contribution < -0.4 is 10.1 Å². The molecule has 6 heteroatoms. The highest BCUT2D eigenvalue weighted by atomic mass is 16.5. The van der Waals surface area contributed by atoms with Crippen LogP contribution in [-0.4, -0.2) is 40.6 Å². The molecule has 2 aromatic carbocycles. The van der Waals surface area contributed by atoms with Crippen molar-refractivity contribution in [2.75, 3.05) is 19.6 Å². The summed E-state index contributed by atoms with van der Waals surface area (Å²) in [6.07, 6.45) is 2.20. The highest BCUT2D eigenvalue weighted by Crippen LogP contribution is 2.36. The average Bonchev–Trinajstić information content (AvgIpc) is 3.25. The van der Waals surface area contributed by atoms with Gasteiger partial charge in [-0.15, -0.1) is 0 Å². The van der Waals surface area contributed by atoms with Crippen molar-refractivity contribution in [1.29, 1.82) is 0 Å². The first kappa shape index (κ1) is 19.8. The minimum absolute atomic E-state index is 0.0981. The third-order valence-corrected chi connectivity index (χ3v) is 6.52. The van der Waals surface area contributed by atoms with Crippen molar-refractivity contribution in [3.05, 3.63) is 70.9 Å². The summed E-state index contributed by atoms with van der Waals surface area (Å²) in [6, 6.07) is 16.4. The standard InChI is InChI=1S/C25H28N4O2/c1-17-6-2-3-7-19(17)15-29-12-10-18(11-13-29)14-26-25(30)24-21-16-31-22-9-5-4-8-20(22)23(21)27-28-24/h2-9,18H,10-16H2,1H3,(H,26,30)(H,27,28). The predicted octanol–water partition coefficient (Wildman–Crippen LogP) is 3.92. The van der Waals surface area contributed by atoms with E-state index in [0.717, 1.165) is 55.0 Å². The fraction of sp³-hybridized carbons (Fsp3) is 0.360. The summed E-state index contributed by atoms with van der Waals surface area (Å²) in [7, 11) is 0. The zero-order chi connectivity index (χ0) is 21.2. The highest BCUT2D eigenvalue weighted by molar-refractivity contribution is 5.96. The number of hydrogen-bond acceptors (Lipinski definition) is 4. The molecule has 3 aromatic rings. The molecule has 0 saturated carbocycles. The van der Waals surface area contributed by atoms with E-state index in [-0.39, 0.29) is 5.91 Å². The van der Waals surface area contributed by atoms with Gasteiger partial charge in [-0.1, -0.05) is 36.4 Å². The number of aryl methyl sites for hydroxylation is 1. The first-order valence-corrected chi connectivity index (χ1v) is 11.0. The first-order chi connectivity index (χ1) is 15.2. The summed E-state index contributed by atoms with van der Waals surface area (Å²) >= 11 is 0. The number of rotatable bonds is 5. The van der Waals surface area contributed by atoms with Crippen molar-refractivity contribution < 1.29 is 9.53 Å². The fourth-order valence-electron chi connectivity index (χ4n) is 4.56. The minimum Gasteiger partial charge on any atom is -0.488 e. The van der Waals surface area contributed by atoms with Crippen molar-refractivity contribution in [3.63, 3.8) is 0 Å². The van der Waals surface area contributed by atoms with Crippen LogP contribution in [0.2, 0.25) is 0 Å². The maximum atomic E-state index is 12.8. The van der Waals surface area contributed by atoms with Gasteiger partial charge in [-0.3, -0.25) is 14.8 Å². The Morgan fingerprint density at radius 2 is 1.94 bits per heavy atom. The normalized spacial score (nSPS) is 16.3. The van der Waals surface area contributed by atoms with E-state index in [4.69, 9.17) is 4.74 Å². The number of aromatic nitrogens is 2. The van der Waals surface area contributed by atoms with Crippen molar-refractivity contribution in [2.24, 2.45) is 5.92 Å². The molecule has 2 aliphatic rings. The Morgan fingerprint density at radius 1 is 1.16 bits per heavy atom. The number of piperidine rings is 1. The highest BCUT2D eigenvalue weighted by Gasteiger charge is 2.27. The van der Waals surface area contributed by atoms with E-state index >= 15 is 0 Å². The van der Waals surface area contributed by atoms with Crippen LogP contribution in [0.1, 0.15) is 40.0 Å². The van der Waals surface area contributed by atoms with Crippen LogP contribution in [0, 0.1) is 12.8 Å². The van der Waals surface area contributed by atoms with Crippen molar-refractivity contribution >= 4 is 5.91 Å². The van der Waals surface area contributed by atoms with Crippen LogP contribution in [0.5, 0.6) is 5.75 Å². The second-order valence-corrected chi connectivity index (χ2v) is 8.57. The molecule has 0 bridgehead atoms. The molecule has 160 valence electrons. The van der Waals surface area contributed by atoms with E-state index in [9.17, 15) is 4.79 Å². The lowest BCUT2D eigenvalue weighted by molar-refractivity contribution is 0.0927. The Bertz CT molecular complexity index is 1080. The Kier molecular flexibility index (Phi) is 5.47. The van der Waals surface area contributed by atoms with Gasteiger partial charge in [-0.05, 0) is 62.0 Å². The molecule has 0 radical (unpaired) electrons. The SMILES string of the molecule is Cc1ccccc1CN1CCC(CNC(=O)c2[nH]nc3c2COc2ccccc2-3)CC1. The Balaban J connectivity index is 1.15. The molecule has 0 atom stereocenters. The molecule has 6 nitrogen and oxygen atoms in total. The van der Waals surface area contributed by atoms with Gasteiger partial charge in [0.05, 0.1) is 0 Å². The van der Waals surface area contributed by atoms with E-state index in [2.05, 4.69) is 51.6 Å². The number of H-pyrrole nitrogens is 1. The molecule has 5 rings (SSSR count). The number of carbonyl (C=O) groups is 1. The molecular formula is C25H28N4O2. The summed E-state index contributed by atoms with van der Waals surface area (Å²) in [4.78, 5) is 15.3. The van der Waals surface area contributed by atoms with Gasteiger partial charge >= 0.3 is 0 Å². The summed E-state index contributed by atoms with van der Waals surface area (Å²) in [5.74, 6) is 1.22. The van der Waals surface area contributed by atoms with E-state index < -0.39 is 0 Å². The smallest absolute Gasteiger partial charge is 0.269 e. The number of para-hydroxylation sites is 1. The van der Waals surface area contributed by atoms with Gasteiger partial charge in [0.15, 0.2) is 0 Å². The lowest BCUT2D eigenvalue weighted by Crippen LogP contribution is -2.38. The minimum atomic E-state index is -0.0981. The quantitative estimate of drug-likeness (QED) is 0.661. The molecule has 2 N–H and O–H groups in total. The number of hydrogen-bond donors (Lipinski definition) is 2. The molecule has 1 fully saturated rings. The maximum absolute atomic E-state index is 12.8. The van der Waals surface area contributed by atoms with Gasteiger partial charge in [0.1, 0.15) is 23.7 Å². The molecule has 3 heterocycles. The van der Waals surface area contributed by atoms with Gasteiger partial charge in [-0.25, -0.2) is 0 Å². The van der Waals surface area contributed by atoms with Gasteiger partial charge in [0.2, 0.25) is 0 Å². The summed E-state index contributed by atoms with van der Waals surface area (Å²) < 4.78 is 5.82. The number of ether oxygens (including phenoxy) is 1. The number of likely N-dealkylation sites (tertiary alicyclic amines) is 1. The predicted molar refractivity (Wildman–Crippen MR) is 120 cm³/mol. The molecule has 1 saturated heterocycles. The van der Waals surface area contributed by atoms with Gasteiger partial charge in [0, 0.05) is 24.2 Å². The monoisotopic (exact) mass is 416 g/mol. The van der Waals surface area contributed by atoms with Crippen LogP contribution in [0.25, 0.3) is 11.3 Å². The van der Waals surface area contributed by atoms with Crippen LogP contribution >= 0.6 is 0 Å². The lowest BCUT2D eigenvalue weighted by Gasteiger charge is -2.32. The van der Waals surface area contributed by atoms with E-state index in [1.54, 1.807) is 0 Å². The number of benzene rings is 2. The zero-order valence-corrected chi connectivity index (χ0v) is 17.9. The molecule has 0 spiro atoms. The van der Waals surface area contributed by atoms with E-state index in [0.29, 0.717) is 24.8 Å². The molecule has 1 amide bonds. The average molecular weight is 417 g/mol. The van der Waals surface area contributed by atoms with E-state index in [1.165, 1.54) is 11.1 Å². The number of aromatic amines is 1. The van der Waals surface area contributed by atoms with Crippen LogP contribution in [0.4, 0.5) is 0 Å². The largest absolute Gasteiger partial charge is 0.488 e. The third kappa shape index (κ3) is 4.08. The summed E-state index contributed by atoms with van der Waals surface area (Å²) in [5.41, 5.74) is 5.86. The van der Waals surface area contributed by atoms with Crippen LogP contribution in [-0.2, 0) is 13.2 Å². The Labute approximate surface area is 182 Å². The van der Waals surface area contributed by atoms with Crippen molar-refractivity contribution in [2.45, 2.75) is 32.9 Å². The molecular weight excluding hydrogens is 388 g/mol. The molecule has 2 aliphatic heterocycles. The number of carbonyl (C=O) groups excluding carboxylic acids is 1. The van der Waals surface area contributed by atoms with Crippen LogP contribution in [0.3, 0.4) is 0 Å². The molecule has 0 unspecified atom stereocenters. The van der Waals surface area contributed by atoms with Gasteiger partial charge in [-0.2, -0.15) is 5.10 Å². The van der Waals surface area contributed by atoms with Crippen molar-refractivity contribution in [1.82, 2.24) is 20.4 Å². The molecule has 1 aromatic heterocycles. The second kappa shape index (κ2) is 8.55. The second-order valence-electron chi connectivity index (χ2n) is 8.57. The third-order valence-electron chi connectivity index (χ3n) is 6.52. The number of nitrogens with zero attached hydrogens (tertiary/aromatic N) is 2. The zero-order valence-electron chi connectivity index (χ0n) is 17.9. The molecule has 0 aliphatic carbocycles. The van der Waals surface area contributed by atoms with Gasteiger partial charge < -0.3 is 10.1 Å². The van der Waals surface area contributed by atoms with E-state index in [1.807, 2.05) is 24.3 Å². The topological polar surface area (TPSA) is 70.2 Å². The fourth-order valence-corrected chi connectivity index (χ4v) is 4.56. The van der Waals surface area contributed by atoms with Crippen LogP contribution in [0.15, 0.2) is 48.5 Å². The Hall–Kier alpha value is -3.12. The maximum Gasteiger partial charge on any atom is 0.269 e. The summed E-state index contributed by atoms with van der Waals surface area (Å²) in [5, 5.41) is 10.5. The number of nitrogens with one attached hydrogen (secondary N) is 2. The summed E-state index contributed by atoms with van der Waals surface area (Å²) in [6.45, 7) is 6.38. The lowest BCUT2D eigenvalue weighted by atomic mass is 9.96. The Morgan fingerprint density at radius 3 is 2.77 bits per heavy atom. The first-order valence-electron chi connectivity index (χ1n) is 11.0. The van der Waals surface area contributed by atoms with Gasteiger partial charge in [0.25, 0.3) is 5.91 Å². The number of fused-ring (bicyclic) bond motifs is 3. The number of amides is 1.